The monoisotopic (exact) mass is 245 g/mol. The fraction of sp³-hybridized carbons (Fsp3) is 0.444. The van der Waals surface area contributed by atoms with Gasteiger partial charge in [0, 0.05) is 13.6 Å². The molecule has 1 aromatic rings. The van der Waals surface area contributed by atoms with Crippen molar-refractivity contribution in [1.29, 1.82) is 0 Å². The minimum Gasteiger partial charge on any atom is -0.469 e. The Bertz CT molecular complexity index is 432. The normalized spacial score (nSPS) is 9.94. The van der Waals surface area contributed by atoms with E-state index < -0.39 is 5.56 Å². The molecule has 0 bridgehead atoms. The van der Waals surface area contributed by atoms with Gasteiger partial charge in [0.05, 0.1) is 19.9 Å². The predicted molar refractivity (Wildman–Crippen MR) is 59.8 cm³/mol. The first-order valence-corrected chi connectivity index (χ1v) is 4.95. The van der Waals surface area contributed by atoms with Crippen molar-refractivity contribution in [2.45, 2.75) is 6.42 Å². The molecule has 6 nitrogen and oxygen atoms in total. The molecule has 0 fully saturated rings. The third kappa shape index (κ3) is 2.96. The molecule has 0 unspecified atom stereocenters. The molecule has 0 spiro atoms. The number of anilines is 1. The first-order chi connectivity index (χ1) is 7.56. The van der Waals surface area contributed by atoms with Crippen molar-refractivity contribution in [2.75, 3.05) is 25.6 Å². The van der Waals surface area contributed by atoms with Crippen molar-refractivity contribution < 1.29 is 9.53 Å². The molecule has 16 heavy (non-hydrogen) atoms. The third-order valence-electron chi connectivity index (χ3n) is 2.02. The lowest BCUT2D eigenvalue weighted by Gasteiger charge is -2.17. The van der Waals surface area contributed by atoms with Crippen LogP contribution in [-0.4, -0.2) is 36.6 Å². The lowest BCUT2D eigenvalue weighted by molar-refractivity contribution is -0.140. The van der Waals surface area contributed by atoms with Crippen LogP contribution < -0.4 is 10.5 Å². The van der Waals surface area contributed by atoms with Crippen LogP contribution in [0.25, 0.3) is 0 Å². The Kier molecular flexibility index (Phi) is 4.30. The molecule has 88 valence electrons. The third-order valence-corrected chi connectivity index (χ3v) is 2.36. The number of hydrogen-bond acceptors (Lipinski definition) is 5. The highest BCUT2D eigenvalue weighted by atomic mass is 35.5. The molecule has 0 amide bonds. The average Bonchev–Trinajstić information content (AvgIpc) is 2.29. The smallest absolute Gasteiger partial charge is 0.307 e. The fourth-order valence-corrected chi connectivity index (χ4v) is 1.35. The SMILES string of the molecule is COC(=O)CCN(C)c1nc[nH]c(=O)c1Cl. The Morgan fingerprint density at radius 3 is 3.00 bits per heavy atom. The number of carbonyl (C=O) groups is 1. The second-order valence-corrected chi connectivity index (χ2v) is 3.49. The van der Waals surface area contributed by atoms with E-state index in [4.69, 9.17) is 11.6 Å². The summed E-state index contributed by atoms with van der Waals surface area (Å²) in [5, 5.41) is 0.00914. The molecular weight excluding hydrogens is 234 g/mol. The Labute approximate surface area is 97.2 Å². The molecule has 1 rings (SSSR count). The molecule has 0 saturated carbocycles. The van der Waals surface area contributed by atoms with Gasteiger partial charge in [0.1, 0.15) is 5.02 Å². The Balaban J connectivity index is 2.73. The molecule has 0 radical (unpaired) electrons. The van der Waals surface area contributed by atoms with Crippen LogP contribution in [-0.2, 0) is 9.53 Å². The summed E-state index contributed by atoms with van der Waals surface area (Å²) in [5.41, 5.74) is -0.406. The number of esters is 1. The van der Waals surface area contributed by atoms with E-state index in [0.29, 0.717) is 12.4 Å². The number of halogens is 1. The molecule has 1 heterocycles. The summed E-state index contributed by atoms with van der Waals surface area (Å²) in [6, 6.07) is 0. The second kappa shape index (κ2) is 5.50. The van der Waals surface area contributed by atoms with E-state index in [9.17, 15) is 9.59 Å². The van der Waals surface area contributed by atoms with Crippen LogP contribution in [0.4, 0.5) is 5.82 Å². The van der Waals surface area contributed by atoms with E-state index in [-0.39, 0.29) is 17.4 Å². The van der Waals surface area contributed by atoms with Crippen molar-refractivity contribution in [2.24, 2.45) is 0 Å². The maximum Gasteiger partial charge on any atom is 0.307 e. The van der Waals surface area contributed by atoms with Crippen molar-refractivity contribution >= 4 is 23.4 Å². The first-order valence-electron chi connectivity index (χ1n) is 4.57. The molecular formula is C9H12ClN3O3. The van der Waals surface area contributed by atoms with E-state index >= 15 is 0 Å². The van der Waals surface area contributed by atoms with Gasteiger partial charge in [-0.1, -0.05) is 11.6 Å². The fourth-order valence-electron chi connectivity index (χ4n) is 1.11. The average molecular weight is 246 g/mol. The number of methoxy groups -OCH3 is 1. The first kappa shape index (κ1) is 12.5. The van der Waals surface area contributed by atoms with Crippen LogP contribution >= 0.6 is 11.6 Å². The van der Waals surface area contributed by atoms with Crippen molar-refractivity contribution in [3.8, 4) is 0 Å². The van der Waals surface area contributed by atoms with Gasteiger partial charge in [-0.15, -0.1) is 0 Å². The quantitative estimate of drug-likeness (QED) is 0.779. The van der Waals surface area contributed by atoms with Crippen molar-refractivity contribution in [1.82, 2.24) is 9.97 Å². The minimum absolute atomic E-state index is 0.00914. The van der Waals surface area contributed by atoms with E-state index in [1.54, 1.807) is 11.9 Å². The molecule has 0 aliphatic heterocycles. The number of nitrogens with one attached hydrogen (secondary N) is 1. The Hall–Kier alpha value is -1.56. The maximum atomic E-state index is 11.2. The Morgan fingerprint density at radius 1 is 1.69 bits per heavy atom. The summed E-state index contributed by atoms with van der Waals surface area (Å²) >= 11 is 5.77. The minimum atomic E-state index is -0.406. The topological polar surface area (TPSA) is 75.3 Å². The highest BCUT2D eigenvalue weighted by Crippen LogP contribution is 2.16. The molecule has 1 N–H and O–H groups in total. The lowest BCUT2D eigenvalue weighted by Crippen LogP contribution is -2.25. The standard InChI is InChI=1S/C9H12ClN3O3/c1-13(4-3-6(14)16-2)8-7(10)9(15)12-5-11-8/h5H,3-4H2,1-2H3,(H,11,12,15). The number of rotatable bonds is 4. The van der Waals surface area contributed by atoms with Gasteiger partial charge in [0.25, 0.3) is 5.56 Å². The molecule has 0 aromatic carbocycles. The summed E-state index contributed by atoms with van der Waals surface area (Å²) in [6.45, 7) is 0.378. The second-order valence-electron chi connectivity index (χ2n) is 3.12. The van der Waals surface area contributed by atoms with E-state index in [0.717, 1.165) is 0 Å². The van der Waals surface area contributed by atoms with Gasteiger partial charge in [-0.05, 0) is 0 Å². The zero-order valence-corrected chi connectivity index (χ0v) is 9.74. The largest absolute Gasteiger partial charge is 0.469 e. The van der Waals surface area contributed by atoms with Gasteiger partial charge in [0.15, 0.2) is 5.82 Å². The summed E-state index contributed by atoms with van der Waals surface area (Å²) < 4.78 is 4.50. The van der Waals surface area contributed by atoms with Gasteiger partial charge >= 0.3 is 5.97 Å². The van der Waals surface area contributed by atoms with E-state index in [2.05, 4.69) is 14.7 Å². The highest BCUT2D eigenvalue weighted by molar-refractivity contribution is 6.32. The zero-order chi connectivity index (χ0) is 12.1. The highest BCUT2D eigenvalue weighted by Gasteiger charge is 2.11. The zero-order valence-electron chi connectivity index (χ0n) is 8.99. The number of nitrogens with zero attached hydrogens (tertiary/aromatic N) is 2. The predicted octanol–water partition coefficient (Wildman–Crippen LogP) is 0.423. The lowest BCUT2D eigenvalue weighted by atomic mass is 10.4. The van der Waals surface area contributed by atoms with Crippen LogP contribution in [0.3, 0.4) is 0 Å². The summed E-state index contributed by atoms with van der Waals surface area (Å²) in [4.78, 5) is 30.0. The summed E-state index contributed by atoms with van der Waals surface area (Å²) in [5.74, 6) is 0.0159. The molecule has 0 aliphatic rings. The van der Waals surface area contributed by atoms with Gasteiger partial charge in [-0.25, -0.2) is 4.98 Å². The number of carbonyl (C=O) groups excluding carboxylic acids is 1. The number of aromatic nitrogens is 2. The van der Waals surface area contributed by atoms with Gasteiger partial charge < -0.3 is 14.6 Å². The molecule has 7 heteroatoms. The van der Waals surface area contributed by atoms with Crippen LogP contribution in [0.5, 0.6) is 0 Å². The van der Waals surface area contributed by atoms with Gasteiger partial charge in [-0.2, -0.15) is 0 Å². The summed E-state index contributed by atoms with van der Waals surface area (Å²) in [6.07, 6.45) is 1.47. The molecule has 0 aliphatic carbocycles. The van der Waals surface area contributed by atoms with E-state index in [1.807, 2.05) is 0 Å². The van der Waals surface area contributed by atoms with Crippen LogP contribution in [0.15, 0.2) is 11.1 Å². The summed E-state index contributed by atoms with van der Waals surface area (Å²) in [7, 11) is 3.01. The van der Waals surface area contributed by atoms with Crippen molar-refractivity contribution in [3.63, 3.8) is 0 Å². The number of ether oxygens (including phenoxy) is 1. The van der Waals surface area contributed by atoms with Crippen LogP contribution in [0, 0.1) is 0 Å². The van der Waals surface area contributed by atoms with Crippen molar-refractivity contribution in [3.05, 3.63) is 21.7 Å². The Morgan fingerprint density at radius 2 is 2.38 bits per heavy atom. The van der Waals surface area contributed by atoms with Gasteiger partial charge in [-0.3, -0.25) is 9.59 Å². The number of H-pyrrole nitrogens is 1. The van der Waals surface area contributed by atoms with Crippen LogP contribution in [0.1, 0.15) is 6.42 Å². The number of aromatic amines is 1. The molecule has 1 aromatic heterocycles. The number of hydrogen-bond donors (Lipinski definition) is 1. The van der Waals surface area contributed by atoms with Crippen LogP contribution in [0.2, 0.25) is 5.02 Å². The maximum absolute atomic E-state index is 11.2. The molecule has 0 saturated heterocycles. The van der Waals surface area contributed by atoms with E-state index in [1.165, 1.54) is 13.4 Å². The molecule has 0 atom stereocenters. The van der Waals surface area contributed by atoms with Gasteiger partial charge in [0.2, 0.25) is 0 Å².